The summed E-state index contributed by atoms with van der Waals surface area (Å²) in [5, 5.41) is 8.37. The number of hydrogen-bond acceptors (Lipinski definition) is 9. The molecule has 0 atom stereocenters. The number of anilines is 1. The predicted octanol–water partition coefficient (Wildman–Crippen LogP) is 1.73. The Kier molecular flexibility index (Phi) is 7.07. The van der Waals surface area contributed by atoms with E-state index in [0.717, 1.165) is 36.6 Å². The molecule has 4 heterocycles. The lowest BCUT2D eigenvalue weighted by Crippen LogP contribution is -2.47. The molecule has 0 saturated carbocycles. The minimum atomic E-state index is -0.790. The number of hydrogen-bond donors (Lipinski definition) is 3. The van der Waals surface area contributed by atoms with Crippen molar-refractivity contribution in [2.45, 2.75) is 5.16 Å². The number of benzene rings is 2. The number of thioether (sulfide) groups is 1. The number of carbonyl (C=O) groups excluding carboxylic acids is 1. The van der Waals surface area contributed by atoms with Gasteiger partial charge in [-0.15, -0.1) is 10.2 Å². The first-order chi connectivity index (χ1) is 19.9. The number of para-hydroxylation sites is 1. The summed E-state index contributed by atoms with van der Waals surface area (Å²) in [6, 6.07) is 16.7. The van der Waals surface area contributed by atoms with E-state index in [1.807, 2.05) is 18.2 Å². The molecule has 2 aromatic carbocycles. The van der Waals surface area contributed by atoms with Gasteiger partial charge in [-0.05, 0) is 48.2 Å². The average Bonchev–Trinajstić information content (AvgIpc) is 3.36. The van der Waals surface area contributed by atoms with Crippen LogP contribution in [0.15, 0.2) is 80.2 Å². The predicted molar refractivity (Wildman–Crippen MR) is 152 cm³/mol. The first kappa shape index (κ1) is 26.4. The fraction of sp³-hybridized carbons (Fsp3) is 0.185. The van der Waals surface area contributed by atoms with Crippen LogP contribution in [0.5, 0.6) is 0 Å². The first-order valence-corrected chi connectivity index (χ1v) is 13.5. The lowest BCUT2D eigenvalue weighted by Gasteiger charge is -2.35. The van der Waals surface area contributed by atoms with Crippen LogP contribution >= 0.6 is 11.8 Å². The smallest absolute Gasteiger partial charge is 0.327 e. The molecule has 0 spiro atoms. The molecule has 12 nitrogen and oxygen atoms in total. The molecule has 0 unspecified atom stereocenters. The molecule has 1 saturated heterocycles. The Morgan fingerprint density at radius 3 is 2.34 bits per heavy atom. The first-order valence-electron chi connectivity index (χ1n) is 12.7. The van der Waals surface area contributed by atoms with Crippen molar-refractivity contribution in [1.29, 1.82) is 0 Å². The van der Waals surface area contributed by atoms with Crippen LogP contribution in [-0.4, -0.2) is 72.5 Å². The highest BCUT2D eigenvalue weighted by atomic mass is 32.2. The van der Waals surface area contributed by atoms with E-state index in [1.54, 1.807) is 0 Å². The summed E-state index contributed by atoms with van der Waals surface area (Å²) in [6.45, 7) is 3.15. The highest BCUT2D eigenvalue weighted by molar-refractivity contribution is 8.13. The number of nitrogens with zero attached hydrogens (tertiary/aromatic N) is 5. The fourth-order valence-electron chi connectivity index (χ4n) is 4.83. The van der Waals surface area contributed by atoms with Gasteiger partial charge >= 0.3 is 5.69 Å². The number of nitrogens with one attached hydrogen (secondary N) is 3. The molecule has 6 rings (SSSR count). The summed E-state index contributed by atoms with van der Waals surface area (Å²) in [5.74, 6) is -0.407. The molecule has 3 N–H and O–H groups in total. The van der Waals surface area contributed by atoms with E-state index in [4.69, 9.17) is 0 Å². The molecule has 1 aliphatic rings. The molecule has 41 heavy (non-hydrogen) atoms. The lowest BCUT2D eigenvalue weighted by molar-refractivity contribution is -0.112. The van der Waals surface area contributed by atoms with Crippen molar-refractivity contribution in [1.82, 2.24) is 34.6 Å². The van der Waals surface area contributed by atoms with E-state index in [9.17, 15) is 23.6 Å². The van der Waals surface area contributed by atoms with Crippen molar-refractivity contribution in [3.05, 3.63) is 97.7 Å². The van der Waals surface area contributed by atoms with Gasteiger partial charge in [0.05, 0.1) is 11.9 Å². The zero-order chi connectivity index (χ0) is 28.5. The van der Waals surface area contributed by atoms with Gasteiger partial charge in [0.15, 0.2) is 5.82 Å². The van der Waals surface area contributed by atoms with Gasteiger partial charge in [-0.25, -0.2) is 9.18 Å². The summed E-state index contributed by atoms with van der Waals surface area (Å²) in [6.07, 6.45) is 0. The Hall–Kier alpha value is -4.82. The van der Waals surface area contributed by atoms with Crippen LogP contribution < -0.4 is 21.7 Å². The Bertz CT molecular complexity index is 1900. The Labute approximate surface area is 234 Å². The second-order valence-electron chi connectivity index (χ2n) is 9.40. The summed E-state index contributed by atoms with van der Waals surface area (Å²) in [7, 11) is 0. The standard InChI is InChI=1S/C27H23FN8O4S/c28-16-6-8-18(9-7-16)36-24(19-14-20(37)29-23-22(19)25(39)31-26(40)30-23)32-33-27(36)41-21(38)15-34-10-12-35(13-11-34)17-4-2-1-3-5-17/h1-9,14H,10-13,15H2,(H3,29,30,31,37,39,40). The van der Waals surface area contributed by atoms with Crippen LogP contribution in [0.1, 0.15) is 0 Å². The molecule has 0 aliphatic carbocycles. The van der Waals surface area contributed by atoms with E-state index in [2.05, 4.69) is 47.1 Å². The SMILES string of the molecule is O=C(CN1CCN(c2ccccc2)CC1)Sc1nnc(-c2cc(=O)[nH]c3[nH]c(=O)[nH]c(=O)c23)n1-c1ccc(F)cc1. The van der Waals surface area contributed by atoms with E-state index in [0.29, 0.717) is 18.8 Å². The lowest BCUT2D eigenvalue weighted by atomic mass is 10.1. The van der Waals surface area contributed by atoms with Gasteiger partial charge in [0, 0.05) is 49.2 Å². The number of aromatic nitrogens is 6. The topological polar surface area (TPSA) is 153 Å². The third-order valence-corrected chi connectivity index (χ3v) is 7.55. The van der Waals surface area contributed by atoms with Crippen LogP contribution in [0, 0.1) is 5.82 Å². The maximum Gasteiger partial charge on any atom is 0.327 e. The largest absolute Gasteiger partial charge is 0.369 e. The van der Waals surface area contributed by atoms with Crippen LogP contribution in [0.2, 0.25) is 0 Å². The molecule has 208 valence electrons. The van der Waals surface area contributed by atoms with Crippen molar-refractivity contribution in [2.24, 2.45) is 0 Å². The van der Waals surface area contributed by atoms with Crippen molar-refractivity contribution >= 4 is 33.6 Å². The maximum atomic E-state index is 13.8. The number of rotatable bonds is 6. The average molecular weight is 575 g/mol. The van der Waals surface area contributed by atoms with Gasteiger partial charge in [-0.2, -0.15) is 0 Å². The van der Waals surface area contributed by atoms with Crippen molar-refractivity contribution in [2.75, 3.05) is 37.6 Å². The molecule has 0 bridgehead atoms. The minimum absolute atomic E-state index is 0.0286. The number of fused-ring (bicyclic) bond motifs is 1. The Morgan fingerprint density at radius 2 is 1.61 bits per heavy atom. The molecule has 0 radical (unpaired) electrons. The van der Waals surface area contributed by atoms with Crippen molar-refractivity contribution in [3.8, 4) is 17.1 Å². The highest BCUT2D eigenvalue weighted by Crippen LogP contribution is 2.30. The molecule has 0 amide bonds. The van der Waals surface area contributed by atoms with Gasteiger partial charge in [-0.3, -0.25) is 33.8 Å². The minimum Gasteiger partial charge on any atom is -0.369 e. The van der Waals surface area contributed by atoms with Gasteiger partial charge in [0.2, 0.25) is 15.8 Å². The number of carbonyl (C=O) groups is 1. The molecule has 1 fully saturated rings. The third-order valence-electron chi connectivity index (χ3n) is 6.75. The summed E-state index contributed by atoms with van der Waals surface area (Å²) in [4.78, 5) is 61.5. The number of piperazine rings is 1. The highest BCUT2D eigenvalue weighted by Gasteiger charge is 2.25. The summed E-state index contributed by atoms with van der Waals surface area (Å²) in [5.41, 5.74) is -0.590. The monoisotopic (exact) mass is 574 g/mol. The molecule has 3 aromatic heterocycles. The van der Waals surface area contributed by atoms with Crippen molar-refractivity contribution < 1.29 is 9.18 Å². The molecule has 14 heteroatoms. The fourth-order valence-corrected chi connectivity index (χ4v) is 5.64. The summed E-state index contributed by atoms with van der Waals surface area (Å²) < 4.78 is 15.3. The van der Waals surface area contributed by atoms with E-state index < -0.39 is 22.6 Å². The maximum absolute atomic E-state index is 13.8. The van der Waals surface area contributed by atoms with Crippen molar-refractivity contribution in [3.63, 3.8) is 0 Å². The molecule has 5 aromatic rings. The van der Waals surface area contributed by atoms with Gasteiger partial charge in [-0.1, -0.05) is 18.2 Å². The van der Waals surface area contributed by atoms with Crippen LogP contribution in [-0.2, 0) is 4.79 Å². The number of aromatic amines is 3. The second-order valence-corrected chi connectivity index (χ2v) is 10.4. The van der Waals surface area contributed by atoms with E-state index >= 15 is 0 Å². The van der Waals surface area contributed by atoms with Gasteiger partial charge < -0.3 is 9.88 Å². The van der Waals surface area contributed by atoms with Gasteiger partial charge in [0.25, 0.3) is 5.56 Å². The molecular weight excluding hydrogens is 551 g/mol. The Balaban J connectivity index is 1.31. The zero-order valence-electron chi connectivity index (χ0n) is 21.5. The van der Waals surface area contributed by atoms with E-state index in [1.165, 1.54) is 28.8 Å². The summed E-state index contributed by atoms with van der Waals surface area (Å²) >= 11 is 0.864. The number of halogens is 1. The third kappa shape index (κ3) is 5.47. The normalized spacial score (nSPS) is 14.0. The number of H-pyrrole nitrogens is 3. The molecular formula is C27H23FN8O4S. The second kappa shape index (κ2) is 11.0. The molecule has 1 aliphatic heterocycles. The van der Waals surface area contributed by atoms with Crippen LogP contribution in [0.4, 0.5) is 10.1 Å². The Morgan fingerprint density at radius 1 is 0.878 bits per heavy atom. The zero-order valence-corrected chi connectivity index (χ0v) is 22.3. The van der Waals surface area contributed by atoms with Gasteiger partial charge in [0.1, 0.15) is 11.5 Å². The van der Waals surface area contributed by atoms with Crippen LogP contribution in [0.25, 0.3) is 28.1 Å². The quantitative estimate of drug-likeness (QED) is 0.257. The number of pyridine rings is 1. The van der Waals surface area contributed by atoms with E-state index in [-0.39, 0.29) is 39.2 Å². The van der Waals surface area contributed by atoms with Crippen LogP contribution in [0.3, 0.4) is 0 Å².